The van der Waals surface area contributed by atoms with Crippen molar-refractivity contribution in [2.75, 3.05) is 5.75 Å². The van der Waals surface area contributed by atoms with E-state index in [2.05, 4.69) is 20.5 Å². The van der Waals surface area contributed by atoms with Crippen LogP contribution in [0, 0.1) is 0 Å². The number of thioether (sulfide) groups is 1. The molecular weight excluding hydrogens is 296 g/mol. The lowest BCUT2D eigenvalue weighted by molar-refractivity contribution is -0.118. The second-order valence-electron chi connectivity index (χ2n) is 3.68. The zero-order chi connectivity index (χ0) is 14.2. The molecule has 0 atom stereocenters. The van der Waals surface area contributed by atoms with Crippen LogP contribution in [0.4, 0.5) is 0 Å². The minimum Gasteiger partial charge on any atom is -0.272 e. The van der Waals surface area contributed by atoms with Gasteiger partial charge < -0.3 is 0 Å². The van der Waals surface area contributed by atoms with Gasteiger partial charge in [-0.25, -0.2) is 15.4 Å². The maximum atomic E-state index is 11.5. The molecule has 0 saturated heterocycles. The Balaban J connectivity index is 1.76. The molecule has 0 bridgehead atoms. The summed E-state index contributed by atoms with van der Waals surface area (Å²) in [6.07, 6.45) is 4.56. The second kappa shape index (κ2) is 7.62. The summed E-state index contributed by atoms with van der Waals surface area (Å²) in [6, 6.07) is 9.50. The SMILES string of the molecule is O=C(CSc1ncc(Cl)cn1)N/N=C/c1ccccc1. The van der Waals surface area contributed by atoms with Crippen LogP contribution in [0.15, 0.2) is 53.0 Å². The topological polar surface area (TPSA) is 67.2 Å². The molecule has 1 N–H and O–H groups in total. The first-order chi connectivity index (χ1) is 9.74. The van der Waals surface area contributed by atoms with Crippen LogP contribution in [0.1, 0.15) is 5.56 Å². The highest BCUT2D eigenvalue weighted by Gasteiger charge is 2.03. The third kappa shape index (κ3) is 4.99. The molecule has 7 heteroatoms. The zero-order valence-electron chi connectivity index (χ0n) is 10.4. The van der Waals surface area contributed by atoms with Crippen LogP contribution in [0.2, 0.25) is 5.02 Å². The van der Waals surface area contributed by atoms with Crippen LogP contribution in [0.25, 0.3) is 0 Å². The number of benzene rings is 1. The summed E-state index contributed by atoms with van der Waals surface area (Å²) in [6.45, 7) is 0. The van der Waals surface area contributed by atoms with Gasteiger partial charge in [0.05, 0.1) is 29.4 Å². The van der Waals surface area contributed by atoms with Crippen LogP contribution >= 0.6 is 23.4 Å². The lowest BCUT2D eigenvalue weighted by Crippen LogP contribution is -2.19. The predicted octanol–water partition coefficient (Wildman–Crippen LogP) is 2.37. The quantitative estimate of drug-likeness (QED) is 0.398. The molecule has 0 aliphatic carbocycles. The summed E-state index contributed by atoms with van der Waals surface area (Å²) in [5, 5.41) is 4.83. The maximum absolute atomic E-state index is 11.5. The van der Waals surface area contributed by atoms with Crippen molar-refractivity contribution >= 4 is 35.5 Å². The normalized spacial score (nSPS) is 10.7. The van der Waals surface area contributed by atoms with Gasteiger partial charge in [0, 0.05) is 0 Å². The van der Waals surface area contributed by atoms with Gasteiger partial charge in [0.15, 0.2) is 5.16 Å². The number of amides is 1. The molecule has 1 aromatic heterocycles. The van der Waals surface area contributed by atoms with E-state index in [4.69, 9.17) is 11.6 Å². The highest BCUT2D eigenvalue weighted by molar-refractivity contribution is 7.99. The monoisotopic (exact) mass is 306 g/mol. The minimum absolute atomic E-state index is 0.188. The number of hydrogen-bond donors (Lipinski definition) is 1. The Labute approximate surface area is 125 Å². The highest BCUT2D eigenvalue weighted by atomic mass is 35.5. The first-order valence-corrected chi connectivity index (χ1v) is 7.08. The third-order valence-electron chi connectivity index (χ3n) is 2.13. The van der Waals surface area contributed by atoms with Crippen molar-refractivity contribution < 1.29 is 4.79 Å². The van der Waals surface area contributed by atoms with Gasteiger partial charge in [0.2, 0.25) is 0 Å². The van der Waals surface area contributed by atoms with Gasteiger partial charge in [0.1, 0.15) is 0 Å². The van der Waals surface area contributed by atoms with Crippen molar-refractivity contribution in [3.63, 3.8) is 0 Å². The fraction of sp³-hybridized carbons (Fsp3) is 0.0769. The Morgan fingerprint density at radius 1 is 1.30 bits per heavy atom. The van der Waals surface area contributed by atoms with Gasteiger partial charge in [-0.05, 0) is 5.56 Å². The standard InChI is InChI=1S/C13H11ClN4OS/c14-11-7-15-13(16-8-11)20-9-12(19)18-17-6-10-4-2-1-3-5-10/h1-8H,9H2,(H,18,19)/b17-6+. The average molecular weight is 307 g/mol. The van der Waals surface area contributed by atoms with E-state index in [1.165, 1.54) is 24.2 Å². The van der Waals surface area contributed by atoms with E-state index in [0.717, 1.165) is 5.56 Å². The minimum atomic E-state index is -0.222. The van der Waals surface area contributed by atoms with Crippen LogP contribution in [-0.2, 0) is 4.79 Å². The van der Waals surface area contributed by atoms with Crippen molar-refractivity contribution in [3.05, 3.63) is 53.3 Å². The number of rotatable bonds is 5. The van der Waals surface area contributed by atoms with Crippen LogP contribution in [0.5, 0.6) is 0 Å². The summed E-state index contributed by atoms with van der Waals surface area (Å²) < 4.78 is 0. The number of nitrogens with zero attached hydrogens (tertiary/aromatic N) is 3. The van der Waals surface area contributed by atoms with Crippen molar-refractivity contribution in [2.45, 2.75) is 5.16 Å². The Hall–Kier alpha value is -1.92. The third-order valence-corrected chi connectivity index (χ3v) is 3.20. The number of carbonyl (C=O) groups is 1. The Bertz CT molecular complexity index is 589. The number of hydrazone groups is 1. The second-order valence-corrected chi connectivity index (χ2v) is 5.06. The molecule has 20 heavy (non-hydrogen) atoms. The molecule has 0 fully saturated rings. The molecule has 102 valence electrons. The maximum Gasteiger partial charge on any atom is 0.250 e. The molecule has 1 heterocycles. The summed E-state index contributed by atoms with van der Waals surface area (Å²) in [5.41, 5.74) is 3.36. The molecule has 0 aliphatic heterocycles. The Morgan fingerprint density at radius 2 is 2.00 bits per heavy atom. The molecule has 0 unspecified atom stereocenters. The first kappa shape index (κ1) is 14.5. The van der Waals surface area contributed by atoms with E-state index < -0.39 is 0 Å². The summed E-state index contributed by atoms with van der Waals surface area (Å²) in [4.78, 5) is 19.5. The summed E-state index contributed by atoms with van der Waals surface area (Å²) in [5.74, 6) is -0.0333. The highest BCUT2D eigenvalue weighted by Crippen LogP contribution is 2.13. The fourth-order valence-electron chi connectivity index (χ4n) is 1.26. The van der Waals surface area contributed by atoms with Crippen molar-refractivity contribution in [3.8, 4) is 0 Å². The first-order valence-electron chi connectivity index (χ1n) is 5.71. The molecule has 0 spiro atoms. The van der Waals surface area contributed by atoms with Crippen molar-refractivity contribution in [2.24, 2.45) is 5.10 Å². The van der Waals surface area contributed by atoms with Crippen LogP contribution < -0.4 is 5.43 Å². The number of aromatic nitrogens is 2. The van der Waals surface area contributed by atoms with E-state index in [9.17, 15) is 4.79 Å². The molecule has 0 saturated carbocycles. The molecule has 2 rings (SSSR count). The molecule has 2 aromatic rings. The smallest absolute Gasteiger partial charge is 0.250 e. The Morgan fingerprint density at radius 3 is 2.70 bits per heavy atom. The molecule has 5 nitrogen and oxygen atoms in total. The van der Waals surface area contributed by atoms with Crippen molar-refractivity contribution in [1.82, 2.24) is 15.4 Å². The molecule has 1 amide bonds. The molecular formula is C13H11ClN4OS. The average Bonchev–Trinajstić information content (AvgIpc) is 2.48. The fourth-order valence-corrected chi connectivity index (χ4v) is 1.93. The summed E-state index contributed by atoms with van der Waals surface area (Å²) >= 11 is 6.89. The van der Waals surface area contributed by atoms with Crippen molar-refractivity contribution in [1.29, 1.82) is 0 Å². The largest absolute Gasteiger partial charge is 0.272 e. The van der Waals surface area contributed by atoms with E-state index in [0.29, 0.717) is 10.2 Å². The predicted molar refractivity (Wildman–Crippen MR) is 79.9 cm³/mol. The Kier molecular flexibility index (Phi) is 5.52. The van der Waals surface area contributed by atoms with Gasteiger partial charge in [-0.15, -0.1) is 0 Å². The van der Waals surface area contributed by atoms with E-state index in [1.807, 2.05) is 30.3 Å². The van der Waals surface area contributed by atoms with E-state index in [1.54, 1.807) is 6.21 Å². The number of hydrogen-bond acceptors (Lipinski definition) is 5. The summed E-state index contributed by atoms with van der Waals surface area (Å²) in [7, 11) is 0. The lowest BCUT2D eigenvalue weighted by atomic mass is 10.2. The van der Waals surface area contributed by atoms with E-state index in [-0.39, 0.29) is 11.7 Å². The van der Waals surface area contributed by atoms with Gasteiger partial charge in [-0.2, -0.15) is 5.10 Å². The number of carbonyl (C=O) groups excluding carboxylic acids is 1. The molecule has 1 aromatic carbocycles. The number of nitrogens with one attached hydrogen (secondary N) is 1. The van der Waals surface area contributed by atoms with E-state index >= 15 is 0 Å². The van der Waals surface area contributed by atoms with Gasteiger partial charge in [0.25, 0.3) is 5.91 Å². The number of halogens is 1. The zero-order valence-corrected chi connectivity index (χ0v) is 11.9. The van der Waals surface area contributed by atoms with Crippen LogP contribution in [0.3, 0.4) is 0 Å². The van der Waals surface area contributed by atoms with Crippen LogP contribution in [-0.4, -0.2) is 27.8 Å². The van der Waals surface area contributed by atoms with Gasteiger partial charge in [-0.3, -0.25) is 4.79 Å². The lowest BCUT2D eigenvalue weighted by Gasteiger charge is -1.99. The van der Waals surface area contributed by atoms with Gasteiger partial charge >= 0.3 is 0 Å². The van der Waals surface area contributed by atoms with Gasteiger partial charge in [-0.1, -0.05) is 53.7 Å². The molecule has 0 aliphatic rings. The molecule has 0 radical (unpaired) electrons.